The first kappa shape index (κ1) is 31.5. The van der Waals surface area contributed by atoms with Crippen molar-refractivity contribution in [2.24, 2.45) is 0 Å². The molecule has 0 unspecified atom stereocenters. The number of nitrogens with zero attached hydrogens (tertiary/aromatic N) is 3. The van der Waals surface area contributed by atoms with Gasteiger partial charge in [-0.3, -0.25) is 9.55 Å². The van der Waals surface area contributed by atoms with Gasteiger partial charge in [0.1, 0.15) is 17.0 Å². The van der Waals surface area contributed by atoms with Crippen LogP contribution in [0.3, 0.4) is 0 Å². The number of furan rings is 1. The number of H-pyrrole nitrogens is 1. The molecule has 4 aromatic heterocycles. The van der Waals surface area contributed by atoms with E-state index in [0.29, 0.717) is 0 Å². The van der Waals surface area contributed by atoms with E-state index in [0.717, 1.165) is 88.9 Å². The van der Waals surface area contributed by atoms with Crippen LogP contribution in [0.15, 0.2) is 162 Å². The first-order valence-corrected chi connectivity index (χ1v) is 18.8. The SMILES string of the molecule is CC(C)(C)c1cc(-c2nc3c(-c4cc(-c5ccccn5)c5c(c4)oc4ccccc45)cccc3n2-c2cccc3ccccc23)c2[nH]c3ccccc3c2c1. The minimum Gasteiger partial charge on any atom is -0.456 e. The number of aromatic amines is 1. The number of rotatable bonds is 4. The van der Waals surface area contributed by atoms with Gasteiger partial charge in [0, 0.05) is 55.3 Å². The van der Waals surface area contributed by atoms with Crippen molar-refractivity contribution >= 4 is 65.6 Å². The summed E-state index contributed by atoms with van der Waals surface area (Å²) in [6, 6.07) is 53.7. The molecule has 4 heterocycles. The molecule has 5 nitrogen and oxygen atoms in total. The number of pyridine rings is 1. The van der Waals surface area contributed by atoms with Crippen molar-refractivity contribution in [3.63, 3.8) is 0 Å². The van der Waals surface area contributed by atoms with Crippen LogP contribution in [0, 0.1) is 0 Å². The van der Waals surface area contributed by atoms with Gasteiger partial charge in [0.2, 0.25) is 0 Å². The zero-order valence-electron chi connectivity index (χ0n) is 30.8. The van der Waals surface area contributed by atoms with E-state index in [1.807, 2.05) is 30.5 Å². The quantitative estimate of drug-likeness (QED) is 0.198. The standard InChI is InChI=1S/C50H36N4O/c1-50(2,3)32-28-37-35-17-6-8-21-41(35)52-47(37)39(29-32)49-53-48-34(19-13-23-43(48)54(49)42-22-12-15-30-14-4-5-16-33(30)42)31-26-38(40-20-10-11-25-51-40)46-36-18-7-9-24-44(36)55-45(46)27-31/h4-29,52H,1-3H3. The fourth-order valence-corrected chi connectivity index (χ4v) is 8.45. The molecule has 0 saturated heterocycles. The van der Waals surface area contributed by atoms with E-state index in [9.17, 15) is 0 Å². The van der Waals surface area contributed by atoms with Gasteiger partial charge >= 0.3 is 0 Å². The summed E-state index contributed by atoms with van der Waals surface area (Å²) in [6.45, 7) is 6.85. The Kier molecular flexibility index (Phi) is 6.74. The average Bonchev–Trinajstić information content (AvgIpc) is 3.91. The fraction of sp³-hybridized carbons (Fsp3) is 0.0800. The summed E-state index contributed by atoms with van der Waals surface area (Å²) in [7, 11) is 0. The van der Waals surface area contributed by atoms with Gasteiger partial charge in [0.25, 0.3) is 0 Å². The van der Waals surface area contributed by atoms with Crippen LogP contribution in [0.2, 0.25) is 0 Å². The largest absolute Gasteiger partial charge is 0.456 e. The van der Waals surface area contributed by atoms with E-state index in [4.69, 9.17) is 14.4 Å². The highest BCUT2D eigenvalue weighted by atomic mass is 16.3. The van der Waals surface area contributed by atoms with E-state index in [-0.39, 0.29) is 5.41 Å². The molecule has 0 aliphatic carbocycles. The van der Waals surface area contributed by atoms with E-state index in [1.165, 1.54) is 21.7 Å². The second-order valence-electron chi connectivity index (χ2n) is 15.5. The molecular weight excluding hydrogens is 673 g/mol. The molecule has 11 aromatic rings. The van der Waals surface area contributed by atoms with Crippen molar-refractivity contribution in [3.8, 4) is 39.5 Å². The third-order valence-corrected chi connectivity index (χ3v) is 11.1. The highest BCUT2D eigenvalue weighted by Crippen LogP contribution is 2.44. The van der Waals surface area contributed by atoms with E-state index >= 15 is 0 Å². The van der Waals surface area contributed by atoms with Gasteiger partial charge in [-0.1, -0.05) is 112 Å². The van der Waals surface area contributed by atoms with E-state index < -0.39 is 0 Å². The van der Waals surface area contributed by atoms with Crippen molar-refractivity contribution in [1.29, 1.82) is 0 Å². The van der Waals surface area contributed by atoms with Crippen LogP contribution in [0.25, 0.3) is 105 Å². The summed E-state index contributed by atoms with van der Waals surface area (Å²) < 4.78 is 8.94. The molecule has 0 bridgehead atoms. The first-order valence-electron chi connectivity index (χ1n) is 18.8. The van der Waals surface area contributed by atoms with Gasteiger partial charge in [-0.05, 0) is 82.6 Å². The molecule has 0 fully saturated rings. The number of hydrogen-bond donors (Lipinski definition) is 1. The number of fused-ring (bicyclic) bond motifs is 8. The maximum atomic E-state index is 6.57. The molecule has 0 saturated carbocycles. The Bertz CT molecular complexity index is 3300. The number of nitrogens with one attached hydrogen (secondary N) is 1. The first-order chi connectivity index (χ1) is 26.9. The lowest BCUT2D eigenvalue weighted by Crippen LogP contribution is -2.11. The van der Waals surface area contributed by atoms with E-state index in [1.54, 1.807) is 0 Å². The lowest BCUT2D eigenvalue weighted by molar-refractivity contribution is 0.591. The summed E-state index contributed by atoms with van der Waals surface area (Å²) in [4.78, 5) is 14.3. The van der Waals surface area contributed by atoms with Crippen LogP contribution in [0.1, 0.15) is 26.3 Å². The van der Waals surface area contributed by atoms with Crippen molar-refractivity contribution < 1.29 is 4.42 Å². The van der Waals surface area contributed by atoms with Crippen molar-refractivity contribution in [2.75, 3.05) is 0 Å². The summed E-state index contributed by atoms with van der Waals surface area (Å²) in [5.74, 6) is 0.885. The minimum atomic E-state index is -0.0906. The molecule has 262 valence electrons. The third-order valence-electron chi connectivity index (χ3n) is 11.1. The van der Waals surface area contributed by atoms with Crippen LogP contribution < -0.4 is 0 Å². The van der Waals surface area contributed by atoms with Crippen molar-refractivity contribution in [2.45, 2.75) is 26.2 Å². The molecule has 0 spiro atoms. The average molecular weight is 709 g/mol. The summed E-state index contributed by atoms with van der Waals surface area (Å²) in [5.41, 5.74) is 13.1. The zero-order chi connectivity index (χ0) is 36.8. The summed E-state index contributed by atoms with van der Waals surface area (Å²) in [5, 5.41) is 6.89. The summed E-state index contributed by atoms with van der Waals surface area (Å²) >= 11 is 0. The number of benzene rings is 7. The molecule has 0 atom stereocenters. The Hall–Kier alpha value is -6.98. The Morgan fingerprint density at radius 3 is 2.22 bits per heavy atom. The molecule has 0 amide bonds. The molecule has 0 aliphatic rings. The van der Waals surface area contributed by atoms with Gasteiger partial charge in [0.05, 0.1) is 27.9 Å². The Labute approximate surface area is 317 Å². The van der Waals surface area contributed by atoms with Gasteiger partial charge in [0.15, 0.2) is 0 Å². The van der Waals surface area contributed by atoms with Crippen LogP contribution in [-0.4, -0.2) is 19.5 Å². The van der Waals surface area contributed by atoms with Crippen LogP contribution in [-0.2, 0) is 5.41 Å². The fourth-order valence-electron chi connectivity index (χ4n) is 8.45. The highest BCUT2D eigenvalue weighted by molar-refractivity contribution is 6.15. The molecule has 1 N–H and O–H groups in total. The number of imidazole rings is 1. The van der Waals surface area contributed by atoms with E-state index in [2.05, 4.69) is 158 Å². The highest BCUT2D eigenvalue weighted by Gasteiger charge is 2.25. The second-order valence-corrected chi connectivity index (χ2v) is 15.5. The van der Waals surface area contributed by atoms with Gasteiger partial charge in [-0.25, -0.2) is 4.98 Å². The Morgan fingerprint density at radius 1 is 0.600 bits per heavy atom. The number of hydrogen-bond acceptors (Lipinski definition) is 3. The second kappa shape index (κ2) is 11.8. The third kappa shape index (κ3) is 4.86. The zero-order valence-corrected chi connectivity index (χ0v) is 30.8. The number of aromatic nitrogens is 4. The monoisotopic (exact) mass is 708 g/mol. The maximum absolute atomic E-state index is 6.57. The van der Waals surface area contributed by atoms with Gasteiger partial charge < -0.3 is 9.40 Å². The molecule has 11 rings (SSSR count). The van der Waals surface area contributed by atoms with Crippen molar-refractivity contribution in [3.05, 3.63) is 163 Å². The van der Waals surface area contributed by atoms with Gasteiger partial charge in [-0.15, -0.1) is 0 Å². The van der Waals surface area contributed by atoms with Gasteiger partial charge in [-0.2, -0.15) is 0 Å². The number of para-hydroxylation sites is 3. The van der Waals surface area contributed by atoms with Crippen molar-refractivity contribution in [1.82, 2.24) is 19.5 Å². The molecule has 55 heavy (non-hydrogen) atoms. The Morgan fingerprint density at radius 2 is 1.36 bits per heavy atom. The molecular formula is C50H36N4O. The topological polar surface area (TPSA) is 59.6 Å². The lowest BCUT2D eigenvalue weighted by atomic mass is 9.85. The molecule has 5 heteroatoms. The van der Waals surface area contributed by atoms with Crippen LogP contribution >= 0.6 is 0 Å². The lowest BCUT2D eigenvalue weighted by Gasteiger charge is -2.21. The smallest absolute Gasteiger partial charge is 0.147 e. The summed E-state index contributed by atoms with van der Waals surface area (Å²) in [6.07, 6.45) is 1.85. The maximum Gasteiger partial charge on any atom is 0.147 e. The molecule has 7 aromatic carbocycles. The molecule has 0 radical (unpaired) electrons. The molecule has 0 aliphatic heterocycles. The predicted octanol–water partition coefficient (Wildman–Crippen LogP) is 13.4. The van der Waals surface area contributed by atoms with Crippen LogP contribution in [0.5, 0.6) is 0 Å². The normalized spacial score (nSPS) is 12.3. The van der Waals surface area contributed by atoms with Crippen LogP contribution in [0.4, 0.5) is 0 Å². The Balaban J connectivity index is 1.27. The predicted molar refractivity (Wildman–Crippen MR) is 228 cm³/mol. The minimum absolute atomic E-state index is 0.0906.